The van der Waals surface area contributed by atoms with E-state index in [0.29, 0.717) is 18.3 Å². The van der Waals surface area contributed by atoms with Crippen molar-refractivity contribution in [1.82, 2.24) is 4.90 Å². The normalized spacial score (nSPS) is 13.9. The molecule has 0 bridgehead atoms. The molecule has 1 aliphatic rings. The highest BCUT2D eigenvalue weighted by Crippen LogP contribution is 2.27. The van der Waals surface area contributed by atoms with E-state index in [-0.39, 0.29) is 23.1 Å². The third kappa shape index (κ3) is 3.42. The first-order chi connectivity index (χ1) is 9.52. The van der Waals surface area contributed by atoms with E-state index < -0.39 is 5.97 Å². The summed E-state index contributed by atoms with van der Waals surface area (Å²) in [4.78, 5) is 24.7. The lowest BCUT2D eigenvalue weighted by Gasteiger charge is -2.20. The van der Waals surface area contributed by atoms with E-state index in [1.807, 2.05) is 6.92 Å². The van der Waals surface area contributed by atoms with Crippen LogP contribution in [0.5, 0.6) is 5.75 Å². The van der Waals surface area contributed by atoms with Gasteiger partial charge in [0.2, 0.25) is 0 Å². The highest BCUT2D eigenvalue weighted by Gasteiger charge is 2.31. The number of benzene rings is 1. The van der Waals surface area contributed by atoms with Gasteiger partial charge in [0, 0.05) is 12.6 Å². The van der Waals surface area contributed by atoms with Crippen molar-refractivity contribution in [2.24, 2.45) is 0 Å². The van der Waals surface area contributed by atoms with Crippen molar-refractivity contribution < 1.29 is 19.4 Å². The number of carbonyl (C=O) groups excluding carboxylic acids is 1. The van der Waals surface area contributed by atoms with Crippen LogP contribution >= 0.6 is 11.6 Å². The van der Waals surface area contributed by atoms with Crippen LogP contribution in [-0.2, 0) is 4.79 Å². The number of carboxylic acid groups (broad SMARTS) is 1. The molecule has 0 aromatic heterocycles. The van der Waals surface area contributed by atoms with Gasteiger partial charge < -0.3 is 14.7 Å². The van der Waals surface area contributed by atoms with Crippen LogP contribution in [0.15, 0.2) is 18.2 Å². The molecule has 1 fully saturated rings. The third-order valence-electron chi connectivity index (χ3n) is 3.18. The van der Waals surface area contributed by atoms with E-state index in [1.165, 1.54) is 12.1 Å². The van der Waals surface area contributed by atoms with Gasteiger partial charge in [0.1, 0.15) is 5.75 Å². The molecule has 20 heavy (non-hydrogen) atoms. The van der Waals surface area contributed by atoms with Gasteiger partial charge in [-0.05, 0) is 38.0 Å². The van der Waals surface area contributed by atoms with Gasteiger partial charge in [-0.2, -0.15) is 0 Å². The van der Waals surface area contributed by atoms with Crippen LogP contribution in [-0.4, -0.2) is 41.1 Å². The van der Waals surface area contributed by atoms with E-state index >= 15 is 0 Å². The molecule has 5 nitrogen and oxygen atoms in total. The summed E-state index contributed by atoms with van der Waals surface area (Å²) >= 11 is 5.77. The van der Waals surface area contributed by atoms with Crippen LogP contribution in [0.1, 0.15) is 30.1 Å². The van der Waals surface area contributed by atoms with Crippen molar-refractivity contribution in [2.75, 3.05) is 13.2 Å². The molecule has 6 heteroatoms. The number of aromatic carboxylic acids is 1. The molecule has 0 saturated heterocycles. The first kappa shape index (κ1) is 14.7. The van der Waals surface area contributed by atoms with Crippen LogP contribution in [0, 0.1) is 0 Å². The Hall–Kier alpha value is -1.75. The Morgan fingerprint density at radius 2 is 2.15 bits per heavy atom. The molecule has 1 aromatic rings. The van der Waals surface area contributed by atoms with Crippen LogP contribution in [0.2, 0.25) is 5.02 Å². The Balaban J connectivity index is 1.98. The summed E-state index contributed by atoms with van der Waals surface area (Å²) in [5.41, 5.74) is -0.0360. The third-order valence-corrected chi connectivity index (χ3v) is 3.51. The molecule has 0 atom stereocenters. The van der Waals surface area contributed by atoms with E-state index in [1.54, 1.807) is 11.0 Å². The SMILES string of the molecule is CCN(C(=O)COc1ccc(Cl)c(C(=O)O)c1)C1CC1. The summed E-state index contributed by atoms with van der Waals surface area (Å²) in [6.07, 6.45) is 2.09. The molecule has 0 spiro atoms. The van der Waals surface area contributed by atoms with Gasteiger partial charge in [-0.25, -0.2) is 4.79 Å². The number of nitrogens with zero attached hydrogens (tertiary/aromatic N) is 1. The molecule has 1 saturated carbocycles. The fraction of sp³-hybridized carbons (Fsp3) is 0.429. The zero-order chi connectivity index (χ0) is 14.7. The maximum atomic E-state index is 12.0. The van der Waals surface area contributed by atoms with E-state index in [2.05, 4.69) is 0 Å². The monoisotopic (exact) mass is 297 g/mol. The second-order valence-corrected chi connectivity index (χ2v) is 5.05. The summed E-state index contributed by atoms with van der Waals surface area (Å²) in [5, 5.41) is 9.10. The highest BCUT2D eigenvalue weighted by atomic mass is 35.5. The molecular weight excluding hydrogens is 282 g/mol. The molecule has 0 heterocycles. The number of carbonyl (C=O) groups is 2. The second-order valence-electron chi connectivity index (χ2n) is 4.65. The maximum Gasteiger partial charge on any atom is 0.337 e. The van der Waals surface area contributed by atoms with Gasteiger partial charge in [0.15, 0.2) is 6.61 Å². The predicted molar refractivity (Wildman–Crippen MR) is 74.3 cm³/mol. The van der Waals surface area contributed by atoms with Gasteiger partial charge in [-0.3, -0.25) is 4.79 Å². The Labute approximate surface area is 122 Å². The fourth-order valence-corrected chi connectivity index (χ4v) is 2.21. The Morgan fingerprint density at radius 3 is 2.70 bits per heavy atom. The van der Waals surface area contributed by atoms with Gasteiger partial charge in [0.05, 0.1) is 10.6 Å². The molecule has 1 amide bonds. The quantitative estimate of drug-likeness (QED) is 0.875. The Morgan fingerprint density at radius 1 is 1.45 bits per heavy atom. The number of amides is 1. The molecule has 1 aliphatic carbocycles. The van der Waals surface area contributed by atoms with Crippen LogP contribution in [0.4, 0.5) is 0 Å². The van der Waals surface area contributed by atoms with Crippen molar-refractivity contribution >= 4 is 23.5 Å². The van der Waals surface area contributed by atoms with E-state index in [0.717, 1.165) is 12.8 Å². The number of carboxylic acids is 1. The minimum Gasteiger partial charge on any atom is -0.484 e. The second kappa shape index (κ2) is 6.13. The molecule has 108 valence electrons. The number of hydrogen-bond acceptors (Lipinski definition) is 3. The number of ether oxygens (including phenoxy) is 1. The number of hydrogen-bond donors (Lipinski definition) is 1. The molecule has 1 aromatic carbocycles. The van der Waals surface area contributed by atoms with Gasteiger partial charge in [-0.1, -0.05) is 11.6 Å². The first-order valence-corrected chi connectivity index (χ1v) is 6.85. The molecule has 1 N–H and O–H groups in total. The Kier molecular flexibility index (Phi) is 4.49. The summed E-state index contributed by atoms with van der Waals surface area (Å²) < 4.78 is 5.36. The summed E-state index contributed by atoms with van der Waals surface area (Å²) in [5.74, 6) is -0.881. The topological polar surface area (TPSA) is 66.8 Å². The van der Waals surface area contributed by atoms with Crippen LogP contribution in [0.3, 0.4) is 0 Å². The summed E-state index contributed by atoms with van der Waals surface area (Å²) in [6, 6.07) is 4.67. The van der Waals surface area contributed by atoms with Crippen LogP contribution < -0.4 is 4.74 Å². The van der Waals surface area contributed by atoms with Crippen molar-refractivity contribution in [3.05, 3.63) is 28.8 Å². The molecular formula is C14H16ClNO4. The van der Waals surface area contributed by atoms with Gasteiger partial charge in [-0.15, -0.1) is 0 Å². The highest BCUT2D eigenvalue weighted by molar-refractivity contribution is 6.33. The number of rotatable bonds is 6. The zero-order valence-electron chi connectivity index (χ0n) is 11.1. The lowest BCUT2D eigenvalue weighted by atomic mass is 10.2. The van der Waals surface area contributed by atoms with Crippen molar-refractivity contribution in [2.45, 2.75) is 25.8 Å². The molecule has 0 radical (unpaired) electrons. The van der Waals surface area contributed by atoms with E-state index in [4.69, 9.17) is 21.4 Å². The number of halogens is 1. The standard InChI is InChI=1S/C14H16ClNO4/c1-2-16(9-3-4-9)13(17)8-20-10-5-6-12(15)11(7-10)14(18)19/h5-7,9H,2-4,8H2,1H3,(H,18,19). The lowest BCUT2D eigenvalue weighted by Crippen LogP contribution is -2.36. The smallest absolute Gasteiger partial charge is 0.337 e. The predicted octanol–water partition coefficient (Wildman–Crippen LogP) is 2.43. The summed E-state index contributed by atoms with van der Waals surface area (Å²) in [6.45, 7) is 2.50. The van der Waals surface area contributed by atoms with Crippen molar-refractivity contribution in [3.8, 4) is 5.75 Å². The lowest BCUT2D eigenvalue weighted by molar-refractivity contribution is -0.133. The average Bonchev–Trinajstić information content (AvgIpc) is 3.23. The van der Waals surface area contributed by atoms with Gasteiger partial charge >= 0.3 is 5.97 Å². The Bertz CT molecular complexity index is 528. The minimum atomic E-state index is -1.13. The van der Waals surface area contributed by atoms with Crippen molar-refractivity contribution in [1.29, 1.82) is 0 Å². The first-order valence-electron chi connectivity index (χ1n) is 6.48. The van der Waals surface area contributed by atoms with Crippen LogP contribution in [0.25, 0.3) is 0 Å². The molecule has 0 unspecified atom stereocenters. The number of likely N-dealkylation sites (N-methyl/N-ethyl adjacent to an activating group) is 1. The average molecular weight is 298 g/mol. The molecule has 0 aliphatic heterocycles. The molecule has 2 rings (SSSR count). The zero-order valence-corrected chi connectivity index (χ0v) is 11.9. The van der Waals surface area contributed by atoms with E-state index in [9.17, 15) is 9.59 Å². The largest absolute Gasteiger partial charge is 0.484 e. The fourth-order valence-electron chi connectivity index (χ4n) is 2.01. The van der Waals surface area contributed by atoms with Crippen molar-refractivity contribution in [3.63, 3.8) is 0 Å². The minimum absolute atomic E-state index is 0.0360. The summed E-state index contributed by atoms with van der Waals surface area (Å²) in [7, 11) is 0. The maximum absolute atomic E-state index is 12.0. The van der Waals surface area contributed by atoms with Gasteiger partial charge in [0.25, 0.3) is 5.91 Å².